The van der Waals surface area contributed by atoms with E-state index in [1.54, 1.807) is 17.0 Å². The molecule has 0 bridgehead atoms. The molecule has 0 unspecified atom stereocenters. The second-order valence-electron chi connectivity index (χ2n) is 8.01. The van der Waals surface area contributed by atoms with Crippen molar-refractivity contribution in [3.05, 3.63) is 82.8 Å². The summed E-state index contributed by atoms with van der Waals surface area (Å²) < 4.78 is 5.73. The number of Topliss-reactive ketones (excluding diaryl/α,β-unsaturated/α-hetero) is 1. The number of aliphatic hydroxyl groups excluding tert-OH is 1. The Bertz CT molecular complexity index is 1110. The number of nitrogens with zero attached hydrogens (tertiary/aromatic N) is 1. The van der Waals surface area contributed by atoms with Crippen LogP contribution in [0.5, 0.6) is 0 Å². The first-order valence-electron chi connectivity index (χ1n) is 10.00. The lowest BCUT2D eigenvalue weighted by Gasteiger charge is -2.27. The van der Waals surface area contributed by atoms with Gasteiger partial charge < -0.3 is 19.3 Å². The second-order valence-corrected chi connectivity index (χ2v) is 8.01. The molecular weight excluding hydrogens is 380 g/mol. The number of carbonyl (C=O) groups excluding carboxylic acids is 2. The molecule has 4 rings (SSSR count). The van der Waals surface area contributed by atoms with Crippen LogP contribution >= 0.6 is 0 Å². The number of para-hydroxylation sites is 1. The topological polar surface area (TPSA) is 75.2 Å². The van der Waals surface area contributed by atoms with E-state index in [9.17, 15) is 14.7 Å². The predicted octanol–water partition coefficient (Wildman–Crippen LogP) is 2.46. The summed E-state index contributed by atoms with van der Waals surface area (Å²) in [7, 11) is 3.99. The maximum Gasteiger partial charge on any atom is 0.290 e. The van der Waals surface area contributed by atoms with E-state index in [-0.39, 0.29) is 11.3 Å². The first-order valence-corrected chi connectivity index (χ1v) is 10.00. The number of aryl methyl sites for hydroxylation is 1. The predicted molar refractivity (Wildman–Crippen MR) is 114 cm³/mol. The molecule has 2 N–H and O–H groups in total. The highest BCUT2D eigenvalue weighted by atomic mass is 16.3. The van der Waals surface area contributed by atoms with Crippen molar-refractivity contribution in [3.8, 4) is 0 Å². The summed E-state index contributed by atoms with van der Waals surface area (Å²) in [5.41, 5.74) is 2.51. The lowest BCUT2D eigenvalue weighted by molar-refractivity contribution is -0.857. The molecule has 2 aromatic carbocycles. The number of fused-ring (bicyclic) bond motifs is 1. The summed E-state index contributed by atoms with van der Waals surface area (Å²) in [4.78, 5) is 29.1. The van der Waals surface area contributed by atoms with Crippen LogP contribution < -0.4 is 4.90 Å². The van der Waals surface area contributed by atoms with Crippen molar-refractivity contribution in [1.82, 2.24) is 4.90 Å². The van der Waals surface area contributed by atoms with E-state index in [0.29, 0.717) is 18.7 Å². The summed E-state index contributed by atoms with van der Waals surface area (Å²) in [6, 6.07) is 16.0. The SMILES string of the molecule is Cc1ccc([C@H]2C(C(=O)c3cc4ccccc4o3)=C(O)C(=O)N2CC[NH+](C)C)cc1. The lowest BCUT2D eigenvalue weighted by atomic mass is 9.94. The van der Waals surface area contributed by atoms with Crippen LogP contribution in [-0.4, -0.2) is 48.9 Å². The summed E-state index contributed by atoms with van der Waals surface area (Å²) in [6.07, 6.45) is 0. The third-order valence-electron chi connectivity index (χ3n) is 5.44. The number of likely N-dealkylation sites (N-methyl/N-ethyl adjacent to an activating group) is 1. The van der Waals surface area contributed by atoms with Gasteiger partial charge in [-0.05, 0) is 24.6 Å². The zero-order valence-electron chi connectivity index (χ0n) is 17.3. The van der Waals surface area contributed by atoms with Crippen molar-refractivity contribution in [1.29, 1.82) is 0 Å². The Balaban J connectivity index is 1.78. The molecule has 2 heterocycles. The molecule has 0 spiro atoms. The van der Waals surface area contributed by atoms with Gasteiger partial charge in [-0.1, -0.05) is 48.0 Å². The van der Waals surface area contributed by atoms with Gasteiger partial charge in [-0.3, -0.25) is 9.59 Å². The number of amides is 1. The van der Waals surface area contributed by atoms with Crippen LogP contribution in [0, 0.1) is 6.92 Å². The smallest absolute Gasteiger partial charge is 0.290 e. The van der Waals surface area contributed by atoms with E-state index in [1.165, 1.54) is 4.90 Å². The normalized spacial score (nSPS) is 16.9. The third-order valence-corrected chi connectivity index (χ3v) is 5.44. The molecule has 6 heteroatoms. The van der Waals surface area contributed by atoms with Crippen LogP contribution in [0.1, 0.15) is 27.7 Å². The van der Waals surface area contributed by atoms with E-state index < -0.39 is 23.5 Å². The van der Waals surface area contributed by atoms with Gasteiger partial charge in [0.1, 0.15) is 5.58 Å². The van der Waals surface area contributed by atoms with Gasteiger partial charge in [0.05, 0.1) is 38.8 Å². The third kappa shape index (κ3) is 3.50. The van der Waals surface area contributed by atoms with Gasteiger partial charge in [-0.15, -0.1) is 0 Å². The van der Waals surface area contributed by atoms with Crippen molar-refractivity contribution >= 4 is 22.7 Å². The molecule has 1 atom stereocenters. The molecule has 0 saturated carbocycles. The first-order chi connectivity index (χ1) is 14.4. The number of carbonyl (C=O) groups is 2. The number of hydrogen-bond acceptors (Lipinski definition) is 4. The zero-order valence-corrected chi connectivity index (χ0v) is 17.3. The average molecular weight is 405 g/mol. The maximum atomic E-state index is 13.4. The first kappa shape index (κ1) is 19.9. The minimum absolute atomic E-state index is 0.0664. The van der Waals surface area contributed by atoms with Gasteiger partial charge in [0, 0.05) is 5.39 Å². The van der Waals surface area contributed by atoms with Gasteiger partial charge in [-0.2, -0.15) is 0 Å². The molecule has 1 aromatic heterocycles. The Morgan fingerprint density at radius 2 is 1.83 bits per heavy atom. The number of rotatable bonds is 6. The van der Waals surface area contributed by atoms with Crippen LogP contribution in [0.3, 0.4) is 0 Å². The molecule has 0 aliphatic carbocycles. The maximum absolute atomic E-state index is 13.4. The van der Waals surface area contributed by atoms with E-state index in [2.05, 4.69) is 0 Å². The number of ketones is 1. The van der Waals surface area contributed by atoms with Gasteiger partial charge in [-0.25, -0.2) is 0 Å². The Hall–Kier alpha value is -3.38. The number of benzene rings is 2. The number of quaternary nitrogens is 1. The average Bonchev–Trinajstić information content (AvgIpc) is 3.26. The summed E-state index contributed by atoms with van der Waals surface area (Å²) in [5, 5.41) is 11.5. The molecule has 1 aliphatic rings. The zero-order chi connectivity index (χ0) is 21.4. The lowest BCUT2D eigenvalue weighted by Crippen LogP contribution is -3.06. The fourth-order valence-corrected chi connectivity index (χ4v) is 3.78. The van der Waals surface area contributed by atoms with Gasteiger partial charge in [0.25, 0.3) is 5.91 Å². The molecule has 0 radical (unpaired) electrons. The van der Waals surface area contributed by atoms with Crippen LogP contribution in [0.15, 0.2) is 70.3 Å². The van der Waals surface area contributed by atoms with Crippen molar-refractivity contribution in [2.24, 2.45) is 0 Å². The highest BCUT2D eigenvalue weighted by molar-refractivity contribution is 6.16. The fourth-order valence-electron chi connectivity index (χ4n) is 3.78. The highest BCUT2D eigenvalue weighted by Gasteiger charge is 2.44. The number of nitrogens with one attached hydrogen (secondary N) is 1. The molecule has 3 aromatic rings. The van der Waals surface area contributed by atoms with E-state index >= 15 is 0 Å². The molecule has 154 valence electrons. The van der Waals surface area contributed by atoms with Crippen molar-refractivity contribution in [2.75, 3.05) is 27.2 Å². The molecule has 30 heavy (non-hydrogen) atoms. The number of aliphatic hydroxyl groups is 1. The Morgan fingerprint density at radius 3 is 2.50 bits per heavy atom. The highest BCUT2D eigenvalue weighted by Crippen LogP contribution is 2.39. The number of furan rings is 1. The molecule has 6 nitrogen and oxygen atoms in total. The van der Waals surface area contributed by atoms with Crippen LogP contribution in [0.4, 0.5) is 0 Å². The van der Waals surface area contributed by atoms with Gasteiger partial charge in [0.2, 0.25) is 5.78 Å². The van der Waals surface area contributed by atoms with Gasteiger partial charge >= 0.3 is 0 Å². The van der Waals surface area contributed by atoms with Crippen LogP contribution in [0.2, 0.25) is 0 Å². The molecule has 1 aliphatic heterocycles. The Morgan fingerprint density at radius 1 is 1.13 bits per heavy atom. The van der Waals surface area contributed by atoms with E-state index in [0.717, 1.165) is 16.5 Å². The monoisotopic (exact) mass is 405 g/mol. The molecule has 0 saturated heterocycles. The second kappa shape index (κ2) is 7.80. The van der Waals surface area contributed by atoms with Crippen LogP contribution in [0.25, 0.3) is 11.0 Å². The van der Waals surface area contributed by atoms with Gasteiger partial charge in [0.15, 0.2) is 11.5 Å². The summed E-state index contributed by atoms with van der Waals surface area (Å²) >= 11 is 0. The summed E-state index contributed by atoms with van der Waals surface area (Å²) in [6.45, 7) is 3.08. The van der Waals surface area contributed by atoms with Crippen molar-refractivity contribution in [2.45, 2.75) is 13.0 Å². The minimum Gasteiger partial charge on any atom is -0.503 e. The molecule has 0 fully saturated rings. The van der Waals surface area contributed by atoms with Crippen LogP contribution in [-0.2, 0) is 4.79 Å². The standard InChI is InChI=1S/C24H24N2O4/c1-15-8-10-16(11-9-15)21-20(23(28)24(29)26(21)13-12-25(2)3)22(27)19-14-17-6-4-5-7-18(17)30-19/h4-11,14,21,28H,12-13H2,1-3H3/p+1/t21-/m0/s1. The Kier molecular flexibility index (Phi) is 5.18. The molecule has 1 amide bonds. The summed E-state index contributed by atoms with van der Waals surface area (Å²) in [5.74, 6) is -1.38. The number of hydrogen-bond donors (Lipinski definition) is 2. The Labute approximate surface area is 175 Å². The largest absolute Gasteiger partial charge is 0.503 e. The minimum atomic E-state index is -0.654. The fraction of sp³-hybridized carbons (Fsp3) is 0.250. The molecular formula is C24H25N2O4+. The quantitative estimate of drug-likeness (QED) is 0.618. The van der Waals surface area contributed by atoms with E-state index in [4.69, 9.17) is 4.42 Å². The van der Waals surface area contributed by atoms with Crippen molar-refractivity contribution in [3.63, 3.8) is 0 Å². The van der Waals surface area contributed by atoms with Crippen molar-refractivity contribution < 1.29 is 24.0 Å². The van der Waals surface area contributed by atoms with E-state index in [1.807, 2.05) is 63.5 Å².